The van der Waals surface area contributed by atoms with E-state index in [1.807, 2.05) is 37.3 Å². The Balaban J connectivity index is 1.50. The monoisotopic (exact) mass is 323 g/mol. The van der Waals surface area contributed by atoms with E-state index in [-0.39, 0.29) is 6.10 Å². The molecule has 5 nitrogen and oxygen atoms in total. The minimum absolute atomic E-state index is 0.0828. The molecule has 1 aromatic heterocycles. The van der Waals surface area contributed by atoms with Gasteiger partial charge in [-0.15, -0.1) is 0 Å². The van der Waals surface area contributed by atoms with Crippen molar-refractivity contribution in [2.75, 3.05) is 0 Å². The lowest BCUT2D eigenvalue weighted by molar-refractivity contribution is 0.0495. The Morgan fingerprint density at radius 2 is 1.83 bits per heavy atom. The molecule has 1 heterocycles. The van der Waals surface area contributed by atoms with Gasteiger partial charge in [0.25, 0.3) is 0 Å². The Morgan fingerprint density at radius 3 is 2.62 bits per heavy atom. The lowest BCUT2D eigenvalue weighted by atomic mass is 10.1. The van der Waals surface area contributed by atoms with Gasteiger partial charge in [0.15, 0.2) is 0 Å². The number of nitrogens with zero attached hydrogens (tertiary/aromatic N) is 2. The summed E-state index contributed by atoms with van der Waals surface area (Å²) in [5, 5.41) is 6.60. The van der Waals surface area contributed by atoms with Crippen molar-refractivity contribution in [2.45, 2.75) is 32.7 Å². The number of aromatic nitrogens is 3. The average Bonchev–Trinajstić information content (AvgIpc) is 3.13. The Hall–Kier alpha value is -2.66. The number of nitrogens with one attached hydrogen (secondary N) is 1. The molecule has 1 unspecified atom stereocenters. The molecule has 0 radical (unpaired) electrons. The third kappa shape index (κ3) is 4.93. The molecule has 124 valence electrons. The first-order valence-electron chi connectivity index (χ1n) is 8.01. The van der Waals surface area contributed by atoms with Gasteiger partial charge in [0.2, 0.25) is 0 Å². The summed E-state index contributed by atoms with van der Waals surface area (Å²) in [6, 6.07) is 18.3. The highest BCUT2D eigenvalue weighted by Crippen LogP contribution is 2.17. The van der Waals surface area contributed by atoms with Crippen molar-refractivity contribution in [3.63, 3.8) is 0 Å². The van der Waals surface area contributed by atoms with E-state index in [1.54, 1.807) is 0 Å². The second-order valence-electron chi connectivity index (χ2n) is 5.68. The van der Waals surface area contributed by atoms with Crippen LogP contribution in [0.25, 0.3) is 0 Å². The van der Waals surface area contributed by atoms with E-state index in [0.717, 1.165) is 23.6 Å². The Bertz CT molecular complexity index is 729. The third-order valence-corrected chi connectivity index (χ3v) is 3.64. The number of aromatic amines is 1. The molecule has 1 atom stereocenters. The molecule has 0 spiro atoms. The lowest BCUT2D eigenvalue weighted by Gasteiger charge is -2.13. The zero-order valence-electron chi connectivity index (χ0n) is 13.7. The summed E-state index contributed by atoms with van der Waals surface area (Å²) in [6.07, 6.45) is 2.38. The molecule has 2 aromatic carbocycles. The maximum absolute atomic E-state index is 5.87. The number of rotatable bonds is 8. The summed E-state index contributed by atoms with van der Waals surface area (Å²) in [7, 11) is 0. The highest BCUT2D eigenvalue weighted by molar-refractivity contribution is 5.29. The fourth-order valence-electron chi connectivity index (χ4n) is 2.42. The Morgan fingerprint density at radius 1 is 1.00 bits per heavy atom. The largest absolute Gasteiger partial charge is 0.489 e. The quantitative estimate of drug-likeness (QED) is 0.689. The number of ether oxygens (including phenoxy) is 2. The normalized spacial score (nSPS) is 12.0. The minimum Gasteiger partial charge on any atom is -0.489 e. The Labute approximate surface area is 141 Å². The van der Waals surface area contributed by atoms with Gasteiger partial charge in [0, 0.05) is 0 Å². The van der Waals surface area contributed by atoms with Crippen molar-refractivity contribution in [2.24, 2.45) is 0 Å². The Kier molecular flexibility index (Phi) is 5.58. The van der Waals surface area contributed by atoms with Gasteiger partial charge in [-0.05, 0) is 36.6 Å². The molecule has 1 N–H and O–H groups in total. The van der Waals surface area contributed by atoms with Crippen LogP contribution in [0, 0.1) is 0 Å². The van der Waals surface area contributed by atoms with E-state index in [1.165, 1.54) is 11.9 Å². The van der Waals surface area contributed by atoms with Crippen LogP contribution in [-0.4, -0.2) is 21.3 Å². The van der Waals surface area contributed by atoms with E-state index in [4.69, 9.17) is 9.47 Å². The standard InChI is InChI=1S/C19H21N3O2/c1-15(23-13-19-20-14-21-22-19)10-17-8-5-9-18(11-17)24-12-16-6-3-2-4-7-16/h2-9,11,14-15H,10,12-13H2,1H3,(H,20,21,22). The molecule has 0 fully saturated rings. The van der Waals surface area contributed by atoms with Crippen molar-refractivity contribution in [1.29, 1.82) is 0 Å². The van der Waals surface area contributed by atoms with Crippen molar-refractivity contribution < 1.29 is 9.47 Å². The van der Waals surface area contributed by atoms with Gasteiger partial charge in [0.1, 0.15) is 31.1 Å². The summed E-state index contributed by atoms with van der Waals surface area (Å²) in [6.45, 7) is 3.06. The first-order valence-corrected chi connectivity index (χ1v) is 8.01. The molecule has 5 heteroatoms. The van der Waals surface area contributed by atoms with E-state index < -0.39 is 0 Å². The van der Waals surface area contributed by atoms with E-state index >= 15 is 0 Å². The zero-order chi connectivity index (χ0) is 16.6. The second kappa shape index (κ2) is 8.26. The molecular weight excluding hydrogens is 302 g/mol. The number of benzene rings is 2. The molecule has 3 rings (SSSR count). The van der Waals surface area contributed by atoms with Crippen LogP contribution in [0.15, 0.2) is 60.9 Å². The molecule has 0 bridgehead atoms. The molecule has 0 aliphatic carbocycles. The molecule has 0 aliphatic heterocycles. The van der Waals surface area contributed by atoms with Gasteiger partial charge in [-0.3, -0.25) is 5.10 Å². The van der Waals surface area contributed by atoms with Crippen molar-refractivity contribution in [1.82, 2.24) is 15.2 Å². The van der Waals surface area contributed by atoms with Crippen LogP contribution in [-0.2, 0) is 24.4 Å². The van der Waals surface area contributed by atoms with Gasteiger partial charge < -0.3 is 9.47 Å². The summed E-state index contributed by atoms with van der Waals surface area (Å²) >= 11 is 0. The van der Waals surface area contributed by atoms with Crippen LogP contribution in [0.4, 0.5) is 0 Å². The summed E-state index contributed by atoms with van der Waals surface area (Å²) in [4.78, 5) is 4.05. The predicted octanol–water partition coefficient (Wildman–Crippen LogP) is 3.53. The fraction of sp³-hybridized carbons (Fsp3) is 0.263. The molecule has 0 saturated heterocycles. The van der Waals surface area contributed by atoms with Gasteiger partial charge in [-0.2, -0.15) is 5.10 Å². The van der Waals surface area contributed by atoms with E-state index in [2.05, 4.69) is 39.4 Å². The molecule has 0 amide bonds. The maximum atomic E-state index is 5.87. The third-order valence-electron chi connectivity index (χ3n) is 3.64. The maximum Gasteiger partial charge on any atom is 0.150 e. The van der Waals surface area contributed by atoms with Gasteiger partial charge in [-0.1, -0.05) is 42.5 Å². The highest BCUT2D eigenvalue weighted by atomic mass is 16.5. The summed E-state index contributed by atoms with van der Waals surface area (Å²) in [5.41, 5.74) is 2.34. The lowest BCUT2D eigenvalue weighted by Crippen LogP contribution is -2.12. The minimum atomic E-state index is 0.0828. The van der Waals surface area contributed by atoms with Crippen molar-refractivity contribution in [3.8, 4) is 5.75 Å². The number of hydrogen-bond donors (Lipinski definition) is 1. The first kappa shape index (κ1) is 16.2. The smallest absolute Gasteiger partial charge is 0.150 e. The van der Waals surface area contributed by atoms with Crippen LogP contribution in [0.1, 0.15) is 23.9 Å². The molecule has 3 aromatic rings. The van der Waals surface area contributed by atoms with Crippen molar-refractivity contribution in [3.05, 3.63) is 77.9 Å². The molecule has 24 heavy (non-hydrogen) atoms. The van der Waals surface area contributed by atoms with Crippen LogP contribution in [0.2, 0.25) is 0 Å². The van der Waals surface area contributed by atoms with Gasteiger partial charge in [-0.25, -0.2) is 4.98 Å². The predicted molar refractivity (Wildman–Crippen MR) is 91.6 cm³/mol. The van der Waals surface area contributed by atoms with Gasteiger partial charge >= 0.3 is 0 Å². The van der Waals surface area contributed by atoms with Crippen LogP contribution in [0.3, 0.4) is 0 Å². The fourth-order valence-corrected chi connectivity index (χ4v) is 2.42. The van der Waals surface area contributed by atoms with Crippen molar-refractivity contribution >= 4 is 0 Å². The second-order valence-corrected chi connectivity index (χ2v) is 5.68. The van der Waals surface area contributed by atoms with Gasteiger partial charge in [0.05, 0.1) is 6.10 Å². The number of H-pyrrole nitrogens is 1. The summed E-state index contributed by atoms with van der Waals surface area (Å²) < 4.78 is 11.7. The molecular formula is C19H21N3O2. The van der Waals surface area contributed by atoms with E-state index in [9.17, 15) is 0 Å². The van der Waals surface area contributed by atoms with Crippen LogP contribution < -0.4 is 4.74 Å². The zero-order valence-corrected chi connectivity index (χ0v) is 13.7. The SMILES string of the molecule is CC(Cc1cccc(OCc2ccccc2)c1)OCc1ncn[nH]1. The van der Waals surface area contributed by atoms with E-state index in [0.29, 0.717) is 13.2 Å². The average molecular weight is 323 g/mol. The van der Waals surface area contributed by atoms with Crippen LogP contribution >= 0.6 is 0 Å². The first-order chi connectivity index (χ1) is 11.8. The molecule has 0 saturated carbocycles. The van der Waals surface area contributed by atoms with Crippen LogP contribution in [0.5, 0.6) is 5.75 Å². The number of hydrogen-bond acceptors (Lipinski definition) is 4. The molecule has 0 aliphatic rings. The topological polar surface area (TPSA) is 60.0 Å². The summed E-state index contributed by atoms with van der Waals surface area (Å²) in [5.74, 6) is 1.61. The highest BCUT2D eigenvalue weighted by Gasteiger charge is 2.07.